The minimum atomic E-state index is -0.762. The fourth-order valence-corrected chi connectivity index (χ4v) is 5.12. The van der Waals surface area contributed by atoms with E-state index < -0.39 is 29.7 Å². The Bertz CT molecular complexity index is 1480. The van der Waals surface area contributed by atoms with Gasteiger partial charge in [-0.1, -0.05) is 23.2 Å². The van der Waals surface area contributed by atoms with Crippen molar-refractivity contribution in [2.45, 2.75) is 58.3 Å². The zero-order chi connectivity index (χ0) is 32.0. The van der Waals surface area contributed by atoms with Crippen LogP contribution in [0.25, 0.3) is 11.1 Å². The first-order chi connectivity index (χ1) is 20.8. The van der Waals surface area contributed by atoms with E-state index in [4.69, 9.17) is 43.3 Å². The van der Waals surface area contributed by atoms with E-state index in [2.05, 4.69) is 20.3 Å². The lowest BCUT2D eigenvalue weighted by atomic mass is 10.1. The minimum absolute atomic E-state index is 0.00564. The third kappa shape index (κ3) is 8.64. The molecule has 0 radical (unpaired) electrons. The molecule has 1 aliphatic heterocycles. The predicted octanol–water partition coefficient (Wildman–Crippen LogP) is 6.34. The third-order valence-corrected chi connectivity index (χ3v) is 7.38. The van der Waals surface area contributed by atoms with E-state index in [1.54, 1.807) is 51.1 Å². The largest absolute Gasteiger partial charge is 0.482 e. The number of nitrogens with two attached hydrogens (primary N) is 1. The van der Waals surface area contributed by atoms with Gasteiger partial charge in [-0.05, 0) is 58.7 Å². The van der Waals surface area contributed by atoms with Gasteiger partial charge in [-0.25, -0.2) is 19.0 Å². The number of hydrogen-bond acceptors (Lipinski definition) is 9. The third-order valence-electron chi connectivity index (χ3n) is 6.67. The molecule has 0 spiro atoms. The number of nitrogens with one attached hydrogen (secondary N) is 1. The summed E-state index contributed by atoms with van der Waals surface area (Å²) in [6.07, 6.45) is 4.65. The number of pyridine rings is 1. The van der Waals surface area contributed by atoms with Gasteiger partial charge < -0.3 is 25.4 Å². The van der Waals surface area contributed by atoms with Crippen molar-refractivity contribution in [2.24, 2.45) is 0 Å². The lowest BCUT2D eigenvalue weighted by molar-refractivity contribution is -0.300. The lowest BCUT2D eigenvalue weighted by Crippen LogP contribution is -2.40. The average Bonchev–Trinajstić information content (AvgIpc) is 3.47. The highest BCUT2D eigenvalue weighted by atomic mass is 35.5. The normalized spacial score (nSPS) is 14.7. The number of nitrogens with zero attached hydrogens (tertiary/aromatic N) is 4. The molecule has 0 aliphatic carbocycles. The molecule has 1 aromatic carbocycles. The van der Waals surface area contributed by atoms with Crippen molar-refractivity contribution >= 4 is 41.2 Å². The Kier molecular flexibility index (Phi) is 10.8. The van der Waals surface area contributed by atoms with Gasteiger partial charge in [0.05, 0.1) is 23.8 Å². The Balaban J connectivity index is 1.28. The van der Waals surface area contributed by atoms with E-state index in [9.17, 15) is 14.0 Å². The smallest absolute Gasteiger partial charge is 0.438 e. The van der Waals surface area contributed by atoms with Gasteiger partial charge in [0.25, 0.3) is 0 Å². The van der Waals surface area contributed by atoms with Crippen molar-refractivity contribution in [1.29, 1.82) is 0 Å². The summed E-state index contributed by atoms with van der Waals surface area (Å²) >= 11 is 12.4. The van der Waals surface area contributed by atoms with Gasteiger partial charge >= 0.3 is 12.2 Å². The Morgan fingerprint density at radius 3 is 2.61 bits per heavy atom. The maximum absolute atomic E-state index is 14.0. The SMILES string of the molecule is C[C@H](Oc1cc(-c2cnn(C3CCN(C(=O)OCCNC(=O)OOC(C)(C)C)CC3)c2)cnc1N)c1c(Cl)ccc(F)c1Cl. The van der Waals surface area contributed by atoms with Crippen LogP contribution >= 0.6 is 23.2 Å². The van der Waals surface area contributed by atoms with Crippen LogP contribution in [0.3, 0.4) is 0 Å². The number of halogens is 3. The molecule has 0 bridgehead atoms. The van der Waals surface area contributed by atoms with E-state index in [1.165, 1.54) is 12.1 Å². The van der Waals surface area contributed by atoms with Crippen molar-refractivity contribution in [3.05, 3.63) is 58.2 Å². The number of nitrogen functional groups attached to an aromatic ring is 1. The molecule has 15 heteroatoms. The van der Waals surface area contributed by atoms with Crippen LogP contribution in [0.1, 0.15) is 58.2 Å². The summed E-state index contributed by atoms with van der Waals surface area (Å²) in [7, 11) is 0. The van der Waals surface area contributed by atoms with Crippen LogP contribution in [0.15, 0.2) is 36.8 Å². The second-order valence-corrected chi connectivity index (χ2v) is 11.9. The molecule has 3 heterocycles. The molecule has 12 nitrogen and oxygen atoms in total. The van der Waals surface area contributed by atoms with Gasteiger partial charge in [0.15, 0.2) is 11.6 Å². The lowest BCUT2D eigenvalue weighted by Gasteiger charge is -2.31. The second kappa shape index (κ2) is 14.3. The van der Waals surface area contributed by atoms with Crippen molar-refractivity contribution in [2.75, 3.05) is 32.0 Å². The van der Waals surface area contributed by atoms with Crippen molar-refractivity contribution < 1.29 is 33.2 Å². The standard InChI is InChI=1S/C29H35Cl2FN6O6/c1-17(24-21(30)5-6-22(32)25(24)31)42-23-13-18(14-35-26(23)33)19-15-36-38(16-19)20-7-10-37(11-8-20)28(40)41-12-9-34-27(39)43-44-29(2,3)4/h5-6,13-17,20H,7-12H2,1-4H3,(H2,33,35)(H,34,39)/t17-/m0/s1. The molecule has 1 saturated heterocycles. The molecule has 238 valence electrons. The highest BCUT2D eigenvalue weighted by Crippen LogP contribution is 2.37. The minimum Gasteiger partial charge on any atom is -0.482 e. The molecule has 0 unspecified atom stereocenters. The highest BCUT2D eigenvalue weighted by Gasteiger charge is 2.26. The fraction of sp³-hybridized carbons (Fsp3) is 0.448. The number of ether oxygens (including phenoxy) is 2. The number of likely N-dealkylation sites (tertiary alicyclic amines) is 1. The van der Waals surface area contributed by atoms with E-state index in [0.717, 1.165) is 5.56 Å². The van der Waals surface area contributed by atoms with Crippen LogP contribution < -0.4 is 15.8 Å². The summed E-state index contributed by atoms with van der Waals surface area (Å²) in [5.74, 6) is -0.159. The number of hydrogen-bond donors (Lipinski definition) is 2. The van der Waals surface area contributed by atoms with Crippen LogP contribution in [0.5, 0.6) is 5.75 Å². The van der Waals surface area contributed by atoms with Gasteiger partial charge in [-0.2, -0.15) is 9.99 Å². The summed E-state index contributed by atoms with van der Waals surface area (Å²) in [5, 5.41) is 7.14. The van der Waals surface area contributed by atoms with E-state index in [1.807, 2.05) is 10.9 Å². The Labute approximate surface area is 264 Å². The molecule has 44 heavy (non-hydrogen) atoms. The summed E-state index contributed by atoms with van der Waals surface area (Å²) < 4.78 is 27.2. The number of carbonyl (C=O) groups excluding carboxylic acids is 2. The number of anilines is 1. The first-order valence-electron chi connectivity index (χ1n) is 14.0. The maximum Gasteiger partial charge on any atom is 0.438 e. The number of aromatic nitrogens is 3. The van der Waals surface area contributed by atoms with Crippen molar-refractivity contribution in [3.8, 4) is 16.9 Å². The number of carbonyl (C=O) groups is 2. The first-order valence-corrected chi connectivity index (χ1v) is 14.7. The van der Waals surface area contributed by atoms with Crippen LogP contribution in [0.2, 0.25) is 10.0 Å². The number of rotatable bonds is 9. The molecule has 3 N–H and O–H groups in total. The number of amides is 2. The molecular weight excluding hydrogens is 618 g/mol. The molecule has 4 rings (SSSR count). The van der Waals surface area contributed by atoms with Gasteiger partial charge in [0.1, 0.15) is 24.1 Å². The van der Waals surface area contributed by atoms with E-state index >= 15 is 0 Å². The average molecular weight is 654 g/mol. The summed E-state index contributed by atoms with van der Waals surface area (Å²) in [4.78, 5) is 39.5. The van der Waals surface area contributed by atoms with E-state index in [-0.39, 0.29) is 40.8 Å². The summed E-state index contributed by atoms with van der Waals surface area (Å²) in [5.41, 5.74) is 7.25. The van der Waals surface area contributed by atoms with Crippen molar-refractivity contribution in [1.82, 2.24) is 25.0 Å². The van der Waals surface area contributed by atoms with Gasteiger partial charge in [-0.15, -0.1) is 0 Å². The Morgan fingerprint density at radius 2 is 1.91 bits per heavy atom. The summed E-state index contributed by atoms with van der Waals surface area (Å²) in [6, 6.07) is 4.41. The molecular formula is C29H35Cl2FN6O6. The van der Waals surface area contributed by atoms with Gasteiger partial charge in [-0.3, -0.25) is 9.57 Å². The van der Waals surface area contributed by atoms with Crippen LogP contribution in [0, 0.1) is 5.82 Å². The molecule has 2 aromatic heterocycles. The van der Waals surface area contributed by atoms with Crippen molar-refractivity contribution in [3.63, 3.8) is 0 Å². The van der Waals surface area contributed by atoms with Crippen LogP contribution in [-0.4, -0.2) is 63.7 Å². The number of benzene rings is 1. The van der Waals surface area contributed by atoms with Crippen LogP contribution in [-0.2, 0) is 14.5 Å². The second-order valence-electron chi connectivity index (χ2n) is 11.2. The fourth-order valence-electron chi connectivity index (χ4n) is 4.45. The predicted molar refractivity (Wildman–Crippen MR) is 162 cm³/mol. The van der Waals surface area contributed by atoms with Gasteiger partial charge in [0, 0.05) is 47.2 Å². The highest BCUT2D eigenvalue weighted by molar-refractivity contribution is 6.36. The molecule has 0 saturated carbocycles. The Hall–Kier alpha value is -3.81. The quantitative estimate of drug-likeness (QED) is 0.117. The summed E-state index contributed by atoms with van der Waals surface area (Å²) in [6.45, 7) is 7.97. The molecule has 2 amide bonds. The maximum atomic E-state index is 14.0. The van der Waals surface area contributed by atoms with Crippen LogP contribution in [0.4, 0.5) is 19.8 Å². The van der Waals surface area contributed by atoms with Gasteiger partial charge in [0.2, 0.25) is 0 Å². The first kappa shape index (κ1) is 33.1. The number of piperidine rings is 1. The molecule has 1 fully saturated rings. The zero-order valence-electron chi connectivity index (χ0n) is 24.8. The Morgan fingerprint density at radius 1 is 1.18 bits per heavy atom. The monoisotopic (exact) mass is 652 g/mol. The molecule has 3 aromatic rings. The zero-order valence-corrected chi connectivity index (χ0v) is 26.3. The van der Waals surface area contributed by atoms with E-state index in [0.29, 0.717) is 37.1 Å². The molecule has 1 atom stereocenters. The molecule has 1 aliphatic rings. The topological polar surface area (TPSA) is 143 Å².